The number of alkyl halides is 2. The van der Waals surface area contributed by atoms with E-state index in [0.717, 1.165) is 17.7 Å². The number of ether oxygens (including phenoxy) is 2. The number of aryl methyl sites for hydroxylation is 1. The first-order valence-electron chi connectivity index (χ1n) is 10.2. The van der Waals surface area contributed by atoms with Crippen LogP contribution in [-0.2, 0) is 22.4 Å². The molecule has 0 aliphatic carbocycles. The zero-order chi connectivity index (χ0) is 22.4. The van der Waals surface area contributed by atoms with E-state index >= 15 is 0 Å². The number of hydrogen-bond donors (Lipinski definition) is 1. The summed E-state index contributed by atoms with van der Waals surface area (Å²) in [5.41, 5.74) is 2.70. The number of nitrogens with zero attached hydrogens (tertiary/aromatic N) is 1. The minimum absolute atomic E-state index is 0.0487. The van der Waals surface area contributed by atoms with Gasteiger partial charge in [-0.15, -0.1) is 0 Å². The van der Waals surface area contributed by atoms with Gasteiger partial charge >= 0.3 is 6.61 Å². The third-order valence-corrected chi connectivity index (χ3v) is 5.31. The molecule has 0 saturated carbocycles. The maximum atomic E-state index is 12.6. The highest BCUT2D eigenvalue weighted by molar-refractivity contribution is 6.00. The Labute approximate surface area is 180 Å². The molecule has 1 unspecified atom stereocenters. The molecule has 6 nitrogen and oxygen atoms in total. The third-order valence-electron chi connectivity index (χ3n) is 5.31. The lowest BCUT2D eigenvalue weighted by atomic mass is 10.1. The molecule has 1 atom stereocenters. The predicted molar refractivity (Wildman–Crippen MR) is 113 cm³/mol. The Morgan fingerprint density at radius 3 is 2.52 bits per heavy atom. The van der Waals surface area contributed by atoms with Crippen LogP contribution in [0.15, 0.2) is 42.5 Å². The van der Waals surface area contributed by atoms with Crippen molar-refractivity contribution < 1.29 is 27.8 Å². The topological polar surface area (TPSA) is 67.9 Å². The van der Waals surface area contributed by atoms with Crippen LogP contribution in [0, 0.1) is 5.92 Å². The third kappa shape index (κ3) is 5.71. The molecule has 2 aromatic rings. The molecular formula is C23H26F2N2O4. The molecule has 1 N–H and O–H groups in total. The maximum absolute atomic E-state index is 12.6. The Hall–Kier alpha value is -3.16. The van der Waals surface area contributed by atoms with Gasteiger partial charge in [-0.25, -0.2) is 0 Å². The average molecular weight is 432 g/mol. The SMILES string of the molecule is CCc1ccc(N2CC(C(=O)NCCc3ccc(OC)c(OC(F)F)c3)CC2=O)cc1. The van der Waals surface area contributed by atoms with E-state index in [1.54, 1.807) is 17.0 Å². The van der Waals surface area contributed by atoms with Crippen LogP contribution in [0.2, 0.25) is 0 Å². The monoisotopic (exact) mass is 432 g/mol. The molecule has 8 heteroatoms. The number of amides is 2. The molecular weight excluding hydrogens is 406 g/mol. The molecule has 1 heterocycles. The van der Waals surface area contributed by atoms with Crippen molar-refractivity contribution >= 4 is 17.5 Å². The van der Waals surface area contributed by atoms with Crippen LogP contribution >= 0.6 is 0 Å². The number of hydrogen-bond acceptors (Lipinski definition) is 4. The Kier molecular flexibility index (Phi) is 7.44. The minimum Gasteiger partial charge on any atom is -0.493 e. The lowest BCUT2D eigenvalue weighted by molar-refractivity contribution is -0.126. The fourth-order valence-corrected chi connectivity index (χ4v) is 3.58. The molecule has 1 fully saturated rings. The first kappa shape index (κ1) is 22.5. The van der Waals surface area contributed by atoms with E-state index in [1.165, 1.54) is 18.7 Å². The first-order valence-corrected chi connectivity index (χ1v) is 10.2. The summed E-state index contributed by atoms with van der Waals surface area (Å²) >= 11 is 0. The van der Waals surface area contributed by atoms with Gasteiger partial charge in [0.05, 0.1) is 13.0 Å². The molecule has 1 saturated heterocycles. The van der Waals surface area contributed by atoms with Crippen molar-refractivity contribution in [1.82, 2.24) is 5.32 Å². The molecule has 0 radical (unpaired) electrons. The fourth-order valence-electron chi connectivity index (χ4n) is 3.58. The number of nitrogens with one attached hydrogen (secondary N) is 1. The quantitative estimate of drug-likeness (QED) is 0.658. The number of halogens is 2. The zero-order valence-electron chi connectivity index (χ0n) is 17.6. The lowest BCUT2D eigenvalue weighted by Gasteiger charge is -2.17. The molecule has 0 aromatic heterocycles. The highest BCUT2D eigenvalue weighted by Crippen LogP contribution is 2.30. The summed E-state index contributed by atoms with van der Waals surface area (Å²) in [7, 11) is 1.37. The Bertz CT molecular complexity index is 918. The van der Waals surface area contributed by atoms with E-state index in [2.05, 4.69) is 17.0 Å². The number of benzene rings is 2. The number of rotatable bonds is 9. The second-order valence-electron chi connectivity index (χ2n) is 7.33. The van der Waals surface area contributed by atoms with E-state index in [9.17, 15) is 18.4 Å². The van der Waals surface area contributed by atoms with E-state index in [0.29, 0.717) is 19.5 Å². The van der Waals surface area contributed by atoms with Crippen LogP contribution < -0.4 is 19.7 Å². The van der Waals surface area contributed by atoms with Gasteiger partial charge in [0.15, 0.2) is 11.5 Å². The van der Waals surface area contributed by atoms with Gasteiger partial charge in [-0.2, -0.15) is 8.78 Å². The molecule has 0 spiro atoms. The second-order valence-corrected chi connectivity index (χ2v) is 7.33. The van der Waals surface area contributed by atoms with Crippen molar-refractivity contribution in [2.75, 3.05) is 25.1 Å². The maximum Gasteiger partial charge on any atom is 0.387 e. The van der Waals surface area contributed by atoms with E-state index < -0.39 is 12.5 Å². The van der Waals surface area contributed by atoms with Crippen LogP contribution in [0.25, 0.3) is 0 Å². The Morgan fingerprint density at radius 2 is 1.87 bits per heavy atom. The summed E-state index contributed by atoms with van der Waals surface area (Å²) in [6.07, 6.45) is 1.51. The van der Waals surface area contributed by atoms with E-state index in [4.69, 9.17) is 4.74 Å². The van der Waals surface area contributed by atoms with Crippen LogP contribution in [0.1, 0.15) is 24.5 Å². The molecule has 2 amide bonds. The van der Waals surface area contributed by atoms with Gasteiger partial charge in [-0.3, -0.25) is 9.59 Å². The molecule has 2 aromatic carbocycles. The minimum atomic E-state index is -2.95. The van der Waals surface area contributed by atoms with Crippen molar-refractivity contribution in [1.29, 1.82) is 0 Å². The number of methoxy groups -OCH3 is 1. The summed E-state index contributed by atoms with van der Waals surface area (Å²) in [5.74, 6) is -0.532. The summed E-state index contributed by atoms with van der Waals surface area (Å²) in [6, 6.07) is 12.5. The van der Waals surface area contributed by atoms with Gasteiger partial charge in [-0.05, 0) is 48.2 Å². The number of carbonyl (C=O) groups excluding carboxylic acids is 2. The van der Waals surface area contributed by atoms with Crippen molar-refractivity contribution in [2.45, 2.75) is 32.8 Å². The summed E-state index contributed by atoms with van der Waals surface area (Å²) < 4.78 is 34.6. The van der Waals surface area contributed by atoms with Gasteiger partial charge in [0.1, 0.15) is 0 Å². The molecule has 166 valence electrons. The van der Waals surface area contributed by atoms with Crippen molar-refractivity contribution in [3.63, 3.8) is 0 Å². The molecule has 1 aliphatic rings. The smallest absolute Gasteiger partial charge is 0.387 e. The fraction of sp³-hybridized carbons (Fsp3) is 0.391. The van der Waals surface area contributed by atoms with Crippen LogP contribution in [0.5, 0.6) is 11.5 Å². The summed E-state index contributed by atoms with van der Waals surface area (Å²) in [4.78, 5) is 26.6. The highest BCUT2D eigenvalue weighted by Gasteiger charge is 2.34. The number of anilines is 1. The second kappa shape index (κ2) is 10.2. The van der Waals surface area contributed by atoms with Gasteiger partial charge in [0, 0.05) is 25.2 Å². The van der Waals surface area contributed by atoms with Gasteiger partial charge in [-0.1, -0.05) is 25.1 Å². The zero-order valence-corrected chi connectivity index (χ0v) is 17.6. The van der Waals surface area contributed by atoms with Crippen LogP contribution in [0.4, 0.5) is 14.5 Å². The van der Waals surface area contributed by atoms with Crippen LogP contribution in [0.3, 0.4) is 0 Å². The molecule has 31 heavy (non-hydrogen) atoms. The van der Waals surface area contributed by atoms with Gasteiger partial charge in [0.2, 0.25) is 11.8 Å². The van der Waals surface area contributed by atoms with Gasteiger partial charge < -0.3 is 19.7 Å². The largest absolute Gasteiger partial charge is 0.493 e. The van der Waals surface area contributed by atoms with E-state index in [1.807, 2.05) is 24.3 Å². The normalized spacial score (nSPS) is 16.0. The summed E-state index contributed by atoms with van der Waals surface area (Å²) in [5, 5.41) is 2.83. The molecule has 3 rings (SSSR count). The van der Waals surface area contributed by atoms with Crippen molar-refractivity contribution in [2.24, 2.45) is 5.92 Å². The van der Waals surface area contributed by atoms with Crippen molar-refractivity contribution in [3.8, 4) is 11.5 Å². The highest BCUT2D eigenvalue weighted by atomic mass is 19.3. The van der Waals surface area contributed by atoms with Crippen molar-refractivity contribution in [3.05, 3.63) is 53.6 Å². The van der Waals surface area contributed by atoms with Crippen LogP contribution in [-0.4, -0.2) is 38.6 Å². The Morgan fingerprint density at radius 1 is 1.16 bits per heavy atom. The Balaban J connectivity index is 1.53. The average Bonchev–Trinajstić information content (AvgIpc) is 3.15. The molecule has 1 aliphatic heterocycles. The lowest BCUT2D eigenvalue weighted by Crippen LogP contribution is -2.34. The van der Waals surface area contributed by atoms with E-state index in [-0.39, 0.29) is 29.7 Å². The van der Waals surface area contributed by atoms with Gasteiger partial charge in [0.25, 0.3) is 0 Å². The number of carbonyl (C=O) groups is 2. The summed E-state index contributed by atoms with van der Waals surface area (Å²) in [6.45, 7) is -0.236. The standard InChI is InChI=1S/C23H26F2N2O4/c1-3-15-4-7-18(8-5-15)27-14-17(13-21(27)28)22(29)26-11-10-16-6-9-19(30-2)20(12-16)31-23(24)25/h4-9,12,17,23H,3,10-11,13-14H2,1-2H3,(H,26,29). The predicted octanol–water partition coefficient (Wildman–Crippen LogP) is 3.57. The first-order chi connectivity index (χ1) is 14.9. The molecule has 0 bridgehead atoms.